The van der Waals surface area contributed by atoms with E-state index in [0.717, 1.165) is 17.1 Å². The van der Waals surface area contributed by atoms with Crippen LogP contribution in [0.2, 0.25) is 0 Å². The first-order valence-electron chi connectivity index (χ1n) is 4.61. The van der Waals surface area contributed by atoms with Crippen molar-refractivity contribution in [2.45, 2.75) is 6.54 Å². The highest BCUT2D eigenvalue weighted by atomic mass is 16.5. The smallest absolute Gasteiger partial charge is 0.137 e. The molecule has 0 atom stereocenters. The molecule has 2 aromatic heterocycles. The molecule has 0 aromatic carbocycles. The Morgan fingerprint density at radius 2 is 2.27 bits per heavy atom. The molecule has 2 heterocycles. The van der Waals surface area contributed by atoms with Gasteiger partial charge in [-0.25, -0.2) is 0 Å². The maximum absolute atomic E-state index is 5.50. The third-order valence-corrected chi connectivity index (χ3v) is 2.10. The van der Waals surface area contributed by atoms with Gasteiger partial charge in [0.1, 0.15) is 17.3 Å². The molecule has 0 unspecified atom stereocenters. The molecular weight excluding hydrogens is 192 g/mol. The van der Waals surface area contributed by atoms with Crippen LogP contribution >= 0.6 is 0 Å². The van der Waals surface area contributed by atoms with Gasteiger partial charge in [-0.2, -0.15) is 0 Å². The Morgan fingerprint density at radius 3 is 2.93 bits per heavy atom. The van der Waals surface area contributed by atoms with Crippen LogP contribution in [0.15, 0.2) is 35.0 Å². The number of pyridine rings is 1. The van der Waals surface area contributed by atoms with E-state index in [4.69, 9.17) is 14.9 Å². The van der Waals surface area contributed by atoms with Gasteiger partial charge in [-0.1, -0.05) is 0 Å². The van der Waals surface area contributed by atoms with Crippen molar-refractivity contribution in [2.24, 2.45) is 5.73 Å². The zero-order chi connectivity index (χ0) is 10.7. The van der Waals surface area contributed by atoms with Gasteiger partial charge in [0.05, 0.1) is 19.9 Å². The molecule has 2 aromatic rings. The predicted octanol–water partition coefficient (Wildman–Crippen LogP) is 1.81. The first-order chi connectivity index (χ1) is 7.33. The number of aromatic nitrogens is 1. The van der Waals surface area contributed by atoms with Crippen molar-refractivity contribution >= 4 is 0 Å². The SMILES string of the molecule is COc1cncc(-c2ccc(CN)o2)c1. The number of nitrogens with two attached hydrogens (primary N) is 1. The Bertz CT molecular complexity index is 451. The van der Waals surface area contributed by atoms with Crippen LogP contribution in [0.4, 0.5) is 0 Å². The van der Waals surface area contributed by atoms with Crippen LogP contribution in [-0.2, 0) is 6.54 Å². The van der Waals surface area contributed by atoms with Gasteiger partial charge < -0.3 is 14.9 Å². The average molecular weight is 204 g/mol. The van der Waals surface area contributed by atoms with Gasteiger partial charge in [-0.3, -0.25) is 4.98 Å². The molecular formula is C11H12N2O2. The lowest BCUT2D eigenvalue weighted by atomic mass is 10.2. The van der Waals surface area contributed by atoms with Gasteiger partial charge in [-0.15, -0.1) is 0 Å². The lowest BCUT2D eigenvalue weighted by Gasteiger charge is -2.00. The minimum atomic E-state index is 0.400. The fourth-order valence-corrected chi connectivity index (χ4v) is 1.31. The van der Waals surface area contributed by atoms with Crippen LogP contribution in [0.5, 0.6) is 5.75 Å². The highest BCUT2D eigenvalue weighted by Crippen LogP contribution is 2.24. The minimum Gasteiger partial charge on any atom is -0.495 e. The molecule has 0 amide bonds. The van der Waals surface area contributed by atoms with Crippen molar-refractivity contribution < 1.29 is 9.15 Å². The average Bonchev–Trinajstić information content (AvgIpc) is 2.78. The summed E-state index contributed by atoms with van der Waals surface area (Å²) in [6.45, 7) is 0.400. The van der Waals surface area contributed by atoms with Crippen LogP contribution < -0.4 is 10.5 Å². The minimum absolute atomic E-state index is 0.400. The fourth-order valence-electron chi connectivity index (χ4n) is 1.31. The Morgan fingerprint density at radius 1 is 1.40 bits per heavy atom. The van der Waals surface area contributed by atoms with Crippen LogP contribution in [0.3, 0.4) is 0 Å². The molecule has 2 rings (SSSR count). The predicted molar refractivity (Wildman–Crippen MR) is 56.4 cm³/mol. The highest BCUT2D eigenvalue weighted by molar-refractivity contribution is 5.58. The third kappa shape index (κ3) is 1.99. The number of rotatable bonds is 3. The number of furan rings is 1. The second-order valence-electron chi connectivity index (χ2n) is 3.08. The van der Waals surface area contributed by atoms with E-state index < -0.39 is 0 Å². The molecule has 0 saturated carbocycles. The zero-order valence-corrected chi connectivity index (χ0v) is 8.43. The van der Waals surface area contributed by atoms with Gasteiger partial charge in [0.15, 0.2) is 0 Å². The summed E-state index contributed by atoms with van der Waals surface area (Å²) < 4.78 is 10.6. The first-order valence-corrected chi connectivity index (χ1v) is 4.61. The summed E-state index contributed by atoms with van der Waals surface area (Å²) in [5.41, 5.74) is 6.35. The molecule has 2 N–H and O–H groups in total. The zero-order valence-electron chi connectivity index (χ0n) is 8.43. The molecule has 0 aliphatic carbocycles. The van der Waals surface area contributed by atoms with Crippen LogP contribution in [-0.4, -0.2) is 12.1 Å². The fraction of sp³-hybridized carbons (Fsp3) is 0.182. The first kappa shape index (κ1) is 9.73. The van der Waals surface area contributed by atoms with E-state index in [1.54, 1.807) is 19.5 Å². The summed E-state index contributed by atoms with van der Waals surface area (Å²) in [5, 5.41) is 0. The number of ether oxygens (including phenoxy) is 1. The van der Waals surface area contributed by atoms with E-state index in [9.17, 15) is 0 Å². The summed E-state index contributed by atoms with van der Waals surface area (Å²) in [7, 11) is 1.61. The van der Waals surface area contributed by atoms with E-state index in [1.165, 1.54) is 0 Å². The molecule has 0 spiro atoms. The molecule has 78 valence electrons. The summed E-state index contributed by atoms with van der Waals surface area (Å²) >= 11 is 0. The molecule has 0 aliphatic heterocycles. The second-order valence-corrected chi connectivity index (χ2v) is 3.08. The lowest BCUT2D eigenvalue weighted by molar-refractivity contribution is 0.413. The maximum Gasteiger partial charge on any atom is 0.137 e. The monoisotopic (exact) mass is 204 g/mol. The van der Waals surface area contributed by atoms with E-state index >= 15 is 0 Å². The summed E-state index contributed by atoms with van der Waals surface area (Å²) in [6, 6.07) is 5.60. The summed E-state index contributed by atoms with van der Waals surface area (Å²) in [4.78, 5) is 4.05. The van der Waals surface area contributed by atoms with Crippen LogP contribution in [0.1, 0.15) is 5.76 Å². The topological polar surface area (TPSA) is 61.3 Å². The Kier molecular flexibility index (Phi) is 2.69. The maximum atomic E-state index is 5.50. The number of hydrogen-bond donors (Lipinski definition) is 1. The summed E-state index contributed by atoms with van der Waals surface area (Å²) in [5.74, 6) is 2.22. The molecule has 15 heavy (non-hydrogen) atoms. The van der Waals surface area contributed by atoms with E-state index in [1.807, 2.05) is 18.2 Å². The van der Waals surface area contributed by atoms with Gasteiger partial charge in [0.2, 0.25) is 0 Å². The quantitative estimate of drug-likeness (QED) is 0.828. The molecule has 4 heteroatoms. The molecule has 4 nitrogen and oxygen atoms in total. The Hall–Kier alpha value is -1.81. The van der Waals surface area contributed by atoms with Crippen molar-refractivity contribution in [1.82, 2.24) is 4.98 Å². The van der Waals surface area contributed by atoms with Crippen molar-refractivity contribution in [1.29, 1.82) is 0 Å². The van der Waals surface area contributed by atoms with Crippen LogP contribution in [0.25, 0.3) is 11.3 Å². The van der Waals surface area contributed by atoms with Gasteiger partial charge in [0.25, 0.3) is 0 Å². The van der Waals surface area contributed by atoms with Crippen molar-refractivity contribution in [3.8, 4) is 17.1 Å². The lowest BCUT2D eigenvalue weighted by Crippen LogP contribution is -1.92. The van der Waals surface area contributed by atoms with Crippen molar-refractivity contribution in [2.75, 3.05) is 7.11 Å². The van der Waals surface area contributed by atoms with Gasteiger partial charge in [-0.05, 0) is 18.2 Å². The molecule has 0 saturated heterocycles. The number of hydrogen-bond acceptors (Lipinski definition) is 4. The molecule has 0 fully saturated rings. The molecule has 0 radical (unpaired) electrons. The normalized spacial score (nSPS) is 10.3. The number of methoxy groups -OCH3 is 1. The van der Waals surface area contributed by atoms with Gasteiger partial charge >= 0.3 is 0 Å². The second kappa shape index (κ2) is 4.14. The van der Waals surface area contributed by atoms with Crippen molar-refractivity contribution in [3.63, 3.8) is 0 Å². The van der Waals surface area contributed by atoms with Crippen molar-refractivity contribution in [3.05, 3.63) is 36.4 Å². The largest absolute Gasteiger partial charge is 0.495 e. The standard InChI is InChI=1S/C11H12N2O2/c1-14-10-4-8(6-13-7-10)11-3-2-9(5-12)15-11/h2-4,6-7H,5,12H2,1H3. The third-order valence-electron chi connectivity index (χ3n) is 2.10. The van der Waals surface area contributed by atoms with E-state index in [0.29, 0.717) is 12.3 Å². The number of nitrogens with zero attached hydrogens (tertiary/aromatic N) is 1. The van der Waals surface area contributed by atoms with E-state index in [2.05, 4.69) is 4.98 Å². The Labute approximate surface area is 87.7 Å². The Balaban J connectivity index is 2.35. The van der Waals surface area contributed by atoms with E-state index in [-0.39, 0.29) is 0 Å². The highest BCUT2D eigenvalue weighted by Gasteiger charge is 2.05. The summed E-state index contributed by atoms with van der Waals surface area (Å²) in [6.07, 6.45) is 3.37. The van der Waals surface area contributed by atoms with Gasteiger partial charge in [0, 0.05) is 11.8 Å². The van der Waals surface area contributed by atoms with Crippen LogP contribution in [0, 0.1) is 0 Å². The molecule has 0 aliphatic rings. The molecule has 0 bridgehead atoms.